The van der Waals surface area contributed by atoms with Crippen molar-refractivity contribution >= 4 is 0 Å². The van der Waals surface area contributed by atoms with Crippen LogP contribution in [0.25, 0.3) is 0 Å². The molecular formula is C20H37N5O2. The van der Waals surface area contributed by atoms with Crippen molar-refractivity contribution in [2.45, 2.75) is 45.0 Å². The second-order valence-corrected chi connectivity index (χ2v) is 8.40. The Morgan fingerprint density at radius 2 is 2.19 bits per heavy atom. The van der Waals surface area contributed by atoms with Gasteiger partial charge in [0.05, 0.1) is 19.4 Å². The van der Waals surface area contributed by atoms with E-state index in [1.807, 2.05) is 25.5 Å². The lowest BCUT2D eigenvalue weighted by molar-refractivity contribution is -0.0185. The molecule has 1 aliphatic heterocycles. The van der Waals surface area contributed by atoms with Crippen LogP contribution in [0.5, 0.6) is 0 Å². The zero-order valence-corrected chi connectivity index (χ0v) is 17.3. The molecule has 7 nitrogen and oxygen atoms in total. The number of nitrogens with one attached hydrogen (secondary N) is 2. The van der Waals surface area contributed by atoms with E-state index in [-0.39, 0.29) is 17.7 Å². The summed E-state index contributed by atoms with van der Waals surface area (Å²) in [6, 6.07) is 4.37. The van der Waals surface area contributed by atoms with Crippen LogP contribution in [0.1, 0.15) is 26.3 Å². The van der Waals surface area contributed by atoms with Gasteiger partial charge in [0.1, 0.15) is 0 Å². The smallest absolute Gasteiger partial charge is 0.0970 e. The van der Waals surface area contributed by atoms with E-state index in [0.29, 0.717) is 26.4 Å². The van der Waals surface area contributed by atoms with Gasteiger partial charge in [0, 0.05) is 63.2 Å². The summed E-state index contributed by atoms with van der Waals surface area (Å²) in [5.74, 6) is 0. The van der Waals surface area contributed by atoms with Gasteiger partial charge in [-0.1, -0.05) is 6.07 Å². The van der Waals surface area contributed by atoms with E-state index in [1.54, 1.807) is 0 Å². The summed E-state index contributed by atoms with van der Waals surface area (Å²) in [6.45, 7) is 12.6. The van der Waals surface area contributed by atoms with Crippen molar-refractivity contribution in [3.63, 3.8) is 0 Å². The van der Waals surface area contributed by atoms with Gasteiger partial charge in [0.15, 0.2) is 0 Å². The molecule has 3 N–H and O–H groups in total. The number of pyridine rings is 1. The van der Waals surface area contributed by atoms with Crippen molar-refractivity contribution in [3.8, 4) is 0 Å². The van der Waals surface area contributed by atoms with Crippen LogP contribution < -0.4 is 10.6 Å². The van der Waals surface area contributed by atoms with E-state index >= 15 is 0 Å². The van der Waals surface area contributed by atoms with Gasteiger partial charge in [-0.15, -0.1) is 0 Å². The van der Waals surface area contributed by atoms with Gasteiger partial charge in [-0.25, -0.2) is 0 Å². The van der Waals surface area contributed by atoms with Gasteiger partial charge in [0.2, 0.25) is 0 Å². The minimum absolute atomic E-state index is 0.0432. The highest BCUT2D eigenvalue weighted by atomic mass is 16.5. The molecular weight excluding hydrogens is 342 g/mol. The summed E-state index contributed by atoms with van der Waals surface area (Å²) in [7, 11) is 1.87. The number of piperazine rings is 1. The van der Waals surface area contributed by atoms with Gasteiger partial charge in [-0.3, -0.25) is 20.1 Å². The molecule has 7 heteroatoms. The molecule has 0 aromatic carbocycles. The number of β-amino-alcohol motifs (C(OH)–C–C–N with tert-alkyl or cyclic N) is 1. The largest absolute Gasteiger partial charge is 0.390 e. The van der Waals surface area contributed by atoms with E-state index in [9.17, 15) is 5.11 Å². The lowest BCUT2D eigenvalue weighted by Gasteiger charge is -2.42. The van der Waals surface area contributed by atoms with E-state index in [4.69, 9.17) is 4.74 Å². The first-order chi connectivity index (χ1) is 12.9. The molecule has 0 saturated carbocycles. The van der Waals surface area contributed by atoms with Gasteiger partial charge in [-0.05, 0) is 39.4 Å². The lowest BCUT2D eigenvalue weighted by atomic mass is 10.1. The first-order valence-electron chi connectivity index (χ1n) is 9.88. The molecule has 0 bridgehead atoms. The molecule has 1 saturated heterocycles. The number of ether oxygens (including phenoxy) is 1. The van der Waals surface area contributed by atoms with Crippen LogP contribution in [-0.2, 0) is 11.3 Å². The average molecular weight is 380 g/mol. The van der Waals surface area contributed by atoms with Gasteiger partial charge in [0.25, 0.3) is 0 Å². The van der Waals surface area contributed by atoms with Crippen molar-refractivity contribution in [2.24, 2.45) is 0 Å². The molecule has 2 heterocycles. The Kier molecular flexibility index (Phi) is 9.08. The molecule has 2 atom stereocenters. The van der Waals surface area contributed by atoms with Crippen LogP contribution in [0.3, 0.4) is 0 Å². The third-order valence-electron chi connectivity index (χ3n) is 4.72. The number of nitrogens with zero attached hydrogens (tertiary/aromatic N) is 3. The van der Waals surface area contributed by atoms with Crippen LogP contribution in [-0.4, -0.2) is 90.7 Å². The Morgan fingerprint density at radius 1 is 1.37 bits per heavy atom. The maximum Gasteiger partial charge on any atom is 0.0970 e. The van der Waals surface area contributed by atoms with E-state index < -0.39 is 0 Å². The predicted octanol–water partition coefficient (Wildman–Crippen LogP) is 0.510. The zero-order valence-electron chi connectivity index (χ0n) is 17.3. The standard InChI is InChI=1S/C20H37N5O2/c1-20(2,3)23-16-27-15-18-13-24(12-17-6-5-7-22-10-17)8-9-25(18)14-19(26)11-21-4/h5-7,10,18-19,21,23,26H,8-9,11-16H2,1-4H3/t18-,19-/m0/s1. The van der Waals surface area contributed by atoms with Crippen LogP contribution in [0.15, 0.2) is 24.5 Å². The molecule has 27 heavy (non-hydrogen) atoms. The number of hydrogen-bond donors (Lipinski definition) is 3. The minimum atomic E-state index is -0.366. The molecule has 0 unspecified atom stereocenters. The molecule has 0 radical (unpaired) electrons. The highest BCUT2D eigenvalue weighted by molar-refractivity contribution is 5.08. The molecule has 1 fully saturated rings. The quantitative estimate of drug-likeness (QED) is 0.404. The monoisotopic (exact) mass is 379 g/mol. The summed E-state index contributed by atoms with van der Waals surface area (Å²) in [5, 5.41) is 16.6. The van der Waals surface area contributed by atoms with E-state index in [2.05, 4.69) is 52.3 Å². The first kappa shape index (κ1) is 22.2. The topological polar surface area (TPSA) is 72.9 Å². The zero-order chi connectivity index (χ0) is 19.7. The van der Waals surface area contributed by atoms with Crippen molar-refractivity contribution in [1.29, 1.82) is 0 Å². The molecule has 0 amide bonds. The fourth-order valence-electron chi connectivity index (χ4n) is 3.28. The average Bonchev–Trinajstić information content (AvgIpc) is 2.61. The number of rotatable bonds is 10. The number of aliphatic hydroxyl groups is 1. The summed E-state index contributed by atoms with van der Waals surface area (Å²) in [4.78, 5) is 9.03. The number of hydrogen-bond acceptors (Lipinski definition) is 7. The molecule has 1 aromatic heterocycles. The third-order valence-corrected chi connectivity index (χ3v) is 4.72. The summed E-state index contributed by atoms with van der Waals surface area (Å²) in [5.41, 5.74) is 1.27. The van der Waals surface area contributed by atoms with E-state index in [0.717, 1.165) is 26.2 Å². The summed E-state index contributed by atoms with van der Waals surface area (Å²) in [6.07, 6.45) is 3.38. The predicted molar refractivity (Wildman–Crippen MR) is 109 cm³/mol. The fourth-order valence-corrected chi connectivity index (χ4v) is 3.28. The van der Waals surface area contributed by atoms with Gasteiger partial charge >= 0.3 is 0 Å². The summed E-state index contributed by atoms with van der Waals surface area (Å²) < 4.78 is 5.93. The Balaban J connectivity index is 1.89. The van der Waals surface area contributed by atoms with E-state index in [1.165, 1.54) is 5.56 Å². The van der Waals surface area contributed by atoms with Crippen molar-refractivity contribution < 1.29 is 9.84 Å². The maximum absolute atomic E-state index is 10.2. The SMILES string of the molecule is CNC[C@H](O)CN1CCN(Cc2cccnc2)C[C@H]1COCNC(C)(C)C. The van der Waals surface area contributed by atoms with Gasteiger partial charge < -0.3 is 15.2 Å². The molecule has 1 aromatic rings. The van der Waals surface area contributed by atoms with Crippen molar-refractivity contribution in [1.82, 2.24) is 25.4 Å². The Labute approximate surface area is 164 Å². The van der Waals surface area contributed by atoms with Crippen LogP contribution in [0.4, 0.5) is 0 Å². The molecule has 2 rings (SSSR count). The normalized spacial score (nSPS) is 20.7. The van der Waals surface area contributed by atoms with Crippen LogP contribution >= 0.6 is 0 Å². The van der Waals surface area contributed by atoms with Crippen molar-refractivity contribution in [2.75, 3.05) is 53.1 Å². The van der Waals surface area contributed by atoms with Gasteiger partial charge in [-0.2, -0.15) is 0 Å². The third kappa shape index (κ3) is 8.64. The molecule has 0 aliphatic carbocycles. The minimum Gasteiger partial charge on any atom is -0.390 e. The van der Waals surface area contributed by atoms with Crippen LogP contribution in [0.2, 0.25) is 0 Å². The Bertz CT molecular complexity index is 523. The van der Waals surface area contributed by atoms with Crippen LogP contribution in [0, 0.1) is 0 Å². The number of likely N-dealkylation sites (N-methyl/N-ethyl adjacent to an activating group) is 1. The molecule has 1 aliphatic rings. The molecule has 0 spiro atoms. The second kappa shape index (κ2) is 11.0. The van der Waals surface area contributed by atoms with Crippen molar-refractivity contribution in [3.05, 3.63) is 30.1 Å². The Morgan fingerprint density at radius 3 is 2.85 bits per heavy atom. The fraction of sp³-hybridized carbons (Fsp3) is 0.750. The number of aromatic nitrogens is 1. The highest BCUT2D eigenvalue weighted by Crippen LogP contribution is 2.14. The maximum atomic E-state index is 10.2. The second-order valence-electron chi connectivity index (χ2n) is 8.40. The highest BCUT2D eigenvalue weighted by Gasteiger charge is 2.28. The Hall–Kier alpha value is -1.09. The number of aliphatic hydroxyl groups excluding tert-OH is 1. The lowest BCUT2D eigenvalue weighted by Crippen LogP contribution is -2.57. The molecule has 154 valence electrons. The summed E-state index contributed by atoms with van der Waals surface area (Å²) >= 11 is 0. The first-order valence-corrected chi connectivity index (χ1v) is 9.88.